The third-order valence-corrected chi connectivity index (χ3v) is 4.40. The Balaban J connectivity index is 2.32. The smallest absolute Gasteiger partial charge is 0.267 e. The van der Waals surface area contributed by atoms with Crippen LogP contribution in [0.25, 0.3) is 21.1 Å². The quantitative estimate of drug-likeness (QED) is 0.746. The summed E-state index contributed by atoms with van der Waals surface area (Å²) < 4.78 is 1.48. The Bertz CT molecular complexity index is 760. The van der Waals surface area contributed by atoms with Crippen molar-refractivity contribution in [2.45, 2.75) is 19.9 Å². The maximum Gasteiger partial charge on any atom is 0.278 e. The minimum absolute atomic E-state index is 0.00607. The lowest BCUT2D eigenvalue weighted by Crippen LogP contribution is -2.26. The fourth-order valence-corrected chi connectivity index (χ4v) is 3.25. The lowest BCUT2D eigenvalue weighted by molar-refractivity contribution is 0.504. The van der Waals surface area contributed by atoms with E-state index < -0.39 is 0 Å². The fraction of sp³-hybridized carbons (Fsp3) is 0.231. The number of rotatable bonds is 3. The van der Waals surface area contributed by atoms with Crippen LogP contribution >= 0.6 is 22.7 Å². The van der Waals surface area contributed by atoms with Crippen LogP contribution in [0, 0.1) is 0 Å². The zero-order valence-corrected chi connectivity index (χ0v) is 12.6. The van der Waals surface area contributed by atoms with Crippen molar-refractivity contribution >= 4 is 22.7 Å². The first-order chi connectivity index (χ1) is 9.68. The van der Waals surface area contributed by atoms with Gasteiger partial charge < -0.3 is 0 Å². The standard InChI is InChI=1S/C13H12N4OS2/c1-8(2)17-13(18)10(12-15-4-6-20-12)9(7-16-17)11-14-3-5-19-11/h3-8H,1-2H3. The van der Waals surface area contributed by atoms with Gasteiger partial charge in [-0.1, -0.05) is 0 Å². The molecule has 0 saturated carbocycles. The molecule has 7 heteroatoms. The summed E-state index contributed by atoms with van der Waals surface area (Å²) in [6, 6.07) is 0.00607. The minimum atomic E-state index is -0.123. The van der Waals surface area contributed by atoms with Crippen molar-refractivity contribution in [1.29, 1.82) is 0 Å². The third kappa shape index (κ3) is 2.19. The second kappa shape index (κ2) is 5.26. The molecular formula is C13H12N4OS2. The lowest BCUT2D eigenvalue weighted by Gasteiger charge is -2.11. The molecule has 0 spiro atoms. The monoisotopic (exact) mass is 304 g/mol. The summed E-state index contributed by atoms with van der Waals surface area (Å²) >= 11 is 2.93. The van der Waals surface area contributed by atoms with Crippen molar-refractivity contribution in [3.8, 4) is 21.1 Å². The van der Waals surface area contributed by atoms with Gasteiger partial charge in [-0.05, 0) is 13.8 Å². The van der Waals surface area contributed by atoms with Crippen molar-refractivity contribution in [2.24, 2.45) is 0 Å². The topological polar surface area (TPSA) is 60.7 Å². The van der Waals surface area contributed by atoms with Gasteiger partial charge in [-0.15, -0.1) is 22.7 Å². The Morgan fingerprint density at radius 3 is 2.30 bits per heavy atom. The molecule has 0 saturated heterocycles. The molecule has 3 heterocycles. The summed E-state index contributed by atoms with van der Waals surface area (Å²) in [6.07, 6.45) is 5.13. The number of nitrogens with zero attached hydrogens (tertiary/aromatic N) is 4. The Morgan fingerprint density at radius 2 is 1.75 bits per heavy atom. The summed E-state index contributed by atoms with van der Waals surface area (Å²) in [7, 11) is 0. The predicted molar refractivity (Wildman–Crippen MR) is 81.1 cm³/mol. The van der Waals surface area contributed by atoms with Gasteiger partial charge in [-0.3, -0.25) is 4.79 Å². The second-order valence-corrected chi connectivity index (χ2v) is 6.24. The van der Waals surface area contributed by atoms with Crippen LogP contribution in [-0.4, -0.2) is 19.7 Å². The molecule has 0 aliphatic carbocycles. The zero-order chi connectivity index (χ0) is 14.1. The molecule has 0 atom stereocenters. The molecule has 3 aromatic heterocycles. The zero-order valence-electron chi connectivity index (χ0n) is 11.0. The van der Waals surface area contributed by atoms with E-state index in [0.717, 1.165) is 10.6 Å². The predicted octanol–water partition coefficient (Wildman–Crippen LogP) is 3.07. The summed E-state index contributed by atoms with van der Waals surface area (Å²) in [5.41, 5.74) is 1.21. The van der Waals surface area contributed by atoms with E-state index in [9.17, 15) is 4.79 Å². The number of thiazole rings is 2. The summed E-state index contributed by atoms with van der Waals surface area (Å²) in [5.74, 6) is 0. The Labute approximate surface area is 123 Å². The van der Waals surface area contributed by atoms with Crippen molar-refractivity contribution < 1.29 is 0 Å². The van der Waals surface area contributed by atoms with E-state index in [1.807, 2.05) is 24.6 Å². The van der Waals surface area contributed by atoms with Crippen molar-refractivity contribution in [2.75, 3.05) is 0 Å². The van der Waals surface area contributed by atoms with Gasteiger partial charge in [0.15, 0.2) is 0 Å². The molecule has 3 aromatic rings. The van der Waals surface area contributed by atoms with Gasteiger partial charge in [-0.2, -0.15) is 5.10 Å². The lowest BCUT2D eigenvalue weighted by atomic mass is 10.1. The molecule has 20 heavy (non-hydrogen) atoms. The van der Waals surface area contributed by atoms with E-state index in [2.05, 4.69) is 15.1 Å². The Morgan fingerprint density at radius 1 is 1.10 bits per heavy atom. The van der Waals surface area contributed by atoms with E-state index >= 15 is 0 Å². The van der Waals surface area contributed by atoms with E-state index in [1.54, 1.807) is 18.6 Å². The highest BCUT2D eigenvalue weighted by molar-refractivity contribution is 7.14. The molecular weight excluding hydrogens is 292 g/mol. The second-order valence-electron chi connectivity index (χ2n) is 4.45. The van der Waals surface area contributed by atoms with Gasteiger partial charge in [0.25, 0.3) is 5.56 Å². The summed E-state index contributed by atoms with van der Waals surface area (Å²) in [5, 5.41) is 9.49. The molecule has 0 aliphatic rings. The molecule has 0 unspecified atom stereocenters. The van der Waals surface area contributed by atoms with E-state index in [1.165, 1.54) is 27.4 Å². The molecule has 0 radical (unpaired) electrons. The third-order valence-electron chi connectivity index (χ3n) is 2.80. The number of hydrogen-bond acceptors (Lipinski definition) is 6. The molecule has 0 amide bonds. The molecule has 102 valence electrons. The van der Waals surface area contributed by atoms with Gasteiger partial charge in [0, 0.05) is 28.7 Å². The first-order valence-corrected chi connectivity index (χ1v) is 7.86. The van der Waals surface area contributed by atoms with Crippen molar-refractivity contribution in [1.82, 2.24) is 19.7 Å². The van der Waals surface area contributed by atoms with E-state index in [0.29, 0.717) is 10.6 Å². The van der Waals surface area contributed by atoms with Crippen LogP contribution in [0.2, 0.25) is 0 Å². The molecule has 0 aliphatic heterocycles. The Kier molecular flexibility index (Phi) is 3.45. The summed E-state index contributed by atoms with van der Waals surface area (Å²) in [4.78, 5) is 21.2. The summed E-state index contributed by atoms with van der Waals surface area (Å²) in [6.45, 7) is 3.87. The van der Waals surface area contributed by atoms with Crippen LogP contribution in [0.1, 0.15) is 19.9 Å². The van der Waals surface area contributed by atoms with Crippen molar-refractivity contribution in [3.05, 3.63) is 39.7 Å². The highest BCUT2D eigenvalue weighted by atomic mass is 32.1. The fourth-order valence-electron chi connectivity index (χ4n) is 1.91. The normalized spacial score (nSPS) is 11.2. The van der Waals surface area contributed by atoms with Gasteiger partial charge in [-0.25, -0.2) is 14.6 Å². The van der Waals surface area contributed by atoms with Crippen molar-refractivity contribution in [3.63, 3.8) is 0 Å². The van der Waals surface area contributed by atoms with Crippen LogP contribution < -0.4 is 5.56 Å². The van der Waals surface area contributed by atoms with Gasteiger partial charge in [0.2, 0.25) is 0 Å². The SMILES string of the molecule is CC(C)n1ncc(-c2nccs2)c(-c2nccs2)c1=O. The van der Waals surface area contributed by atoms with E-state index in [-0.39, 0.29) is 11.6 Å². The molecule has 3 rings (SSSR count). The van der Waals surface area contributed by atoms with Gasteiger partial charge in [0.1, 0.15) is 10.0 Å². The first-order valence-electron chi connectivity index (χ1n) is 6.10. The average Bonchev–Trinajstić information content (AvgIpc) is 3.11. The highest BCUT2D eigenvalue weighted by Crippen LogP contribution is 2.31. The first kappa shape index (κ1) is 13.1. The molecule has 5 nitrogen and oxygen atoms in total. The van der Waals surface area contributed by atoms with Crippen LogP contribution in [0.15, 0.2) is 34.1 Å². The van der Waals surface area contributed by atoms with Gasteiger partial charge in [0.05, 0.1) is 17.8 Å². The van der Waals surface area contributed by atoms with Crippen LogP contribution in [0.4, 0.5) is 0 Å². The number of aromatic nitrogens is 4. The van der Waals surface area contributed by atoms with Crippen LogP contribution in [-0.2, 0) is 0 Å². The molecule has 0 aromatic carbocycles. The van der Waals surface area contributed by atoms with E-state index in [4.69, 9.17) is 0 Å². The molecule has 0 bridgehead atoms. The molecule has 0 fully saturated rings. The van der Waals surface area contributed by atoms with Crippen LogP contribution in [0.3, 0.4) is 0 Å². The maximum atomic E-state index is 12.7. The average molecular weight is 304 g/mol. The minimum Gasteiger partial charge on any atom is -0.267 e. The Hall–Kier alpha value is -1.86. The molecule has 0 N–H and O–H groups in total. The number of hydrogen-bond donors (Lipinski definition) is 0. The maximum absolute atomic E-state index is 12.7. The largest absolute Gasteiger partial charge is 0.278 e. The highest BCUT2D eigenvalue weighted by Gasteiger charge is 2.19. The van der Waals surface area contributed by atoms with Crippen LogP contribution in [0.5, 0.6) is 0 Å². The van der Waals surface area contributed by atoms with Gasteiger partial charge >= 0.3 is 0 Å².